The molecule has 0 aromatic heterocycles. The van der Waals surface area contributed by atoms with Crippen molar-refractivity contribution in [2.45, 2.75) is 32.4 Å². The molecule has 0 saturated heterocycles. The Morgan fingerprint density at radius 2 is 1.75 bits per heavy atom. The predicted molar refractivity (Wildman–Crippen MR) is 117 cm³/mol. The van der Waals surface area contributed by atoms with Gasteiger partial charge in [-0.15, -0.1) is 0 Å². The number of ether oxygens (including phenoxy) is 3. The van der Waals surface area contributed by atoms with Crippen molar-refractivity contribution in [3.05, 3.63) is 70.2 Å². The van der Waals surface area contributed by atoms with Crippen LogP contribution in [-0.2, 0) is 11.3 Å². The maximum Gasteiger partial charge on any atom is 0.162 e. The number of hydrogen-bond acceptors (Lipinski definition) is 4. The van der Waals surface area contributed by atoms with E-state index in [4.69, 9.17) is 19.2 Å². The molecule has 3 rings (SSSR count). The lowest BCUT2D eigenvalue weighted by Crippen LogP contribution is -2.10. The molecule has 0 fully saturated rings. The van der Waals surface area contributed by atoms with Crippen molar-refractivity contribution < 1.29 is 14.2 Å². The fraction of sp³-hybridized carbons (Fsp3) is 0.348. The van der Waals surface area contributed by atoms with E-state index in [2.05, 4.69) is 41.9 Å². The zero-order valence-electron chi connectivity index (χ0n) is 16.6. The Morgan fingerprint density at radius 1 is 1.00 bits per heavy atom. The Labute approximate surface area is 175 Å². The molecule has 28 heavy (non-hydrogen) atoms. The summed E-state index contributed by atoms with van der Waals surface area (Å²) in [6.07, 6.45) is 4.97. The summed E-state index contributed by atoms with van der Waals surface area (Å²) < 4.78 is 18.2. The number of rotatable bonds is 9. The van der Waals surface area contributed by atoms with Crippen LogP contribution in [0.2, 0.25) is 0 Å². The molecule has 5 heteroatoms. The van der Waals surface area contributed by atoms with E-state index in [1.165, 1.54) is 0 Å². The molecule has 2 aromatic rings. The number of aliphatic imine (C=N–C) groups is 1. The van der Waals surface area contributed by atoms with Gasteiger partial charge in [0.15, 0.2) is 11.5 Å². The molecule has 0 spiro atoms. The Bertz CT molecular complexity index is 860. The van der Waals surface area contributed by atoms with Crippen molar-refractivity contribution in [2.75, 3.05) is 20.3 Å². The van der Waals surface area contributed by atoms with Gasteiger partial charge in [0.2, 0.25) is 0 Å². The molecular weight excluding hydrogens is 418 g/mol. The van der Waals surface area contributed by atoms with Crippen LogP contribution in [-0.4, -0.2) is 31.6 Å². The summed E-state index contributed by atoms with van der Waals surface area (Å²) in [5.41, 5.74) is 2.86. The third-order valence-corrected chi connectivity index (χ3v) is 5.01. The first-order valence-electron chi connectivity index (χ1n) is 9.40. The van der Waals surface area contributed by atoms with Crippen LogP contribution >= 0.6 is 15.9 Å². The molecular formula is C23H26BrNO3. The summed E-state index contributed by atoms with van der Waals surface area (Å²) in [5, 5.41) is 0. The SMILES string of the molecule is COCCCOc1cc(C2=NC(C)(C)C=C2)c(Br)cc1OCc1ccccc1. The van der Waals surface area contributed by atoms with E-state index >= 15 is 0 Å². The van der Waals surface area contributed by atoms with Crippen LogP contribution in [0.4, 0.5) is 0 Å². The largest absolute Gasteiger partial charge is 0.490 e. The molecule has 1 heterocycles. The lowest BCUT2D eigenvalue weighted by Gasteiger charge is -2.16. The lowest BCUT2D eigenvalue weighted by molar-refractivity contribution is 0.169. The molecule has 0 aliphatic carbocycles. The molecule has 0 unspecified atom stereocenters. The van der Waals surface area contributed by atoms with Gasteiger partial charge in [0.1, 0.15) is 6.61 Å². The van der Waals surface area contributed by atoms with Gasteiger partial charge in [0.05, 0.1) is 17.9 Å². The molecule has 1 aliphatic heterocycles. The van der Waals surface area contributed by atoms with Gasteiger partial charge in [-0.3, -0.25) is 4.99 Å². The van der Waals surface area contributed by atoms with E-state index in [1.54, 1.807) is 7.11 Å². The van der Waals surface area contributed by atoms with Crippen LogP contribution < -0.4 is 9.47 Å². The Morgan fingerprint density at radius 3 is 2.43 bits per heavy atom. The predicted octanol–water partition coefficient (Wildman–Crippen LogP) is 5.58. The van der Waals surface area contributed by atoms with Gasteiger partial charge in [0.25, 0.3) is 0 Å². The van der Waals surface area contributed by atoms with Crippen LogP contribution in [0.15, 0.2) is 64.1 Å². The molecule has 0 radical (unpaired) electrons. The van der Waals surface area contributed by atoms with Crippen molar-refractivity contribution in [2.24, 2.45) is 4.99 Å². The number of halogens is 1. The molecule has 0 N–H and O–H groups in total. The van der Waals surface area contributed by atoms with Crippen LogP contribution in [0, 0.1) is 0 Å². The average Bonchev–Trinajstić information content (AvgIpc) is 3.05. The molecule has 0 bridgehead atoms. The summed E-state index contributed by atoms with van der Waals surface area (Å²) in [6, 6.07) is 14.1. The van der Waals surface area contributed by atoms with Crippen molar-refractivity contribution in [3.8, 4) is 11.5 Å². The minimum absolute atomic E-state index is 0.184. The van der Waals surface area contributed by atoms with E-state index in [9.17, 15) is 0 Å². The second-order valence-electron chi connectivity index (χ2n) is 7.23. The normalized spacial score (nSPS) is 14.8. The molecule has 0 saturated carbocycles. The third kappa shape index (κ3) is 5.46. The Kier molecular flexibility index (Phi) is 6.92. The molecule has 1 aliphatic rings. The lowest BCUT2D eigenvalue weighted by atomic mass is 10.1. The Hall–Kier alpha value is -2.11. The van der Waals surface area contributed by atoms with Gasteiger partial charge in [-0.25, -0.2) is 0 Å². The highest BCUT2D eigenvalue weighted by molar-refractivity contribution is 9.10. The zero-order valence-corrected chi connectivity index (χ0v) is 18.2. The average molecular weight is 444 g/mol. The fourth-order valence-electron chi connectivity index (χ4n) is 2.90. The minimum Gasteiger partial charge on any atom is -0.490 e. The van der Waals surface area contributed by atoms with E-state index in [0.29, 0.717) is 31.3 Å². The van der Waals surface area contributed by atoms with Gasteiger partial charge < -0.3 is 14.2 Å². The highest BCUT2D eigenvalue weighted by Crippen LogP contribution is 2.36. The van der Waals surface area contributed by atoms with Crippen LogP contribution in [0.25, 0.3) is 0 Å². The fourth-order valence-corrected chi connectivity index (χ4v) is 3.42. The highest BCUT2D eigenvalue weighted by atomic mass is 79.9. The molecule has 0 atom stereocenters. The second kappa shape index (κ2) is 9.39. The highest BCUT2D eigenvalue weighted by Gasteiger charge is 2.22. The molecule has 148 valence electrons. The van der Waals surface area contributed by atoms with Gasteiger partial charge in [-0.2, -0.15) is 0 Å². The van der Waals surface area contributed by atoms with Crippen LogP contribution in [0.5, 0.6) is 11.5 Å². The summed E-state index contributed by atoms with van der Waals surface area (Å²) >= 11 is 3.68. The smallest absolute Gasteiger partial charge is 0.162 e. The first kappa shape index (κ1) is 20.6. The quantitative estimate of drug-likeness (QED) is 0.474. The van der Waals surface area contributed by atoms with E-state index in [1.807, 2.05) is 42.5 Å². The minimum atomic E-state index is -0.184. The number of allylic oxidation sites excluding steroid dienone is 1. The topological polar surface area (TPSA) is 40.0 Å². The van der Waals surface area contributed by atoms with E-state index < -0.39 is 0 Å². The first-order chi connectivity index (χ1) is 13.5. The maximum atomic E-state index is 6.08. The van der Waals surface area contributed by atoms with E-state index in [-0.39, 0.29) is 5.54 Å². The van der Waals surface area contributed by atoms with Crippen molar-refractivity contribution in [1.82, 2.24) is 0 Å². The monoisotopic (exact) mass is 443 g/mol. The number of hydrogen-bond donors (Lipinski definition) is 0. The molecule has 0 amide bonds. The number of methoxy groups -OCH3 is 1. The van der Waals surface area contributed by atoms with Gasteiger partial charge in [0, 0.05) is 30.2 Å². The van der Waals surface area contributed by atoms with Crippen molar-refractivity contribution in [1.29, 1.82) is 0 Å². The third-order valence-electron chi connectivity index (χ3n) is 4.35. The van der Waals surface area contributed by atoms with Gasteiger partial charge >= 0.3 is 0 Å². The first-order valence-corrected chi connectivity index (χ1v) is 10.2. The van der Waals surface area contributed by atoms with E-state index in [0.717, 1.165) is 27.7 Å². The molecule has 4 nitrogen and oxygen atoms in total. The van der Waals surface area contributed by atoms with Gasteiger partial charge in [-0.1, -0.05) is 36.4 Å². The zero-order chi connectivity index (χ0) is 20.0. The Balaban J connectivity index is 1.85. The summed E-state index contributed by atoms with van der Waals surface area (Å²) in [6.45, 7) is 5.88. The number of benzene rings is 2. The van der Waals surface area contributed by atoms with Crippen LogP contribution in [0.3, 0.4) is 0 Å². The second-order valence-corrected chi connectivity index (χ2v) is 8.09. The summed E-state index contributed by atoms with van der Waals surface area (Å²) in [4.78, 5) is 4.78. The maximum absolute atomic E-state index is 6.08. The van der Waals surface area contributed by atoms with Crippen molar-refractivity contribution in [3.63, 3.8) is 0 Å². The summed E-state index contributed by atoms with van der Waals surface area (Å²) in [7, 11) is 1.69. The standard InChI is InChI=1S/C23H26BrNO3/c1-23(2)11-10-20(25-23)18-14-21(27-13-7-12-26-3)22(15-19(18)24)28-16-17-8-5-4-6-9-17/h4-6,8-11,14-15H,7,12-13,16H2,1-3H3. The van der Waals surface area contributed by atoms with Crippen LogP contribution in [0.1, 0.15) is 31.4 Å². The van der Waals surface area contributed by atoms with Crippen molar-refractivity contribution >= 4 is 21.6 Å². The summed E-state index contributed by atoms with van der Waals surface area (Å²) in [5.74, 6) is 1.42. The molecule has 2 aromatic carbocycles. The van der Waals surface area contributed by atoms with Gasteiger partial charge in [-0.05, 0) is 53.5 Å². The number of nitrogens with zero attached hydrogens (tertiary/aromatic N) is 1.